The van der Waals surface area contributed by atoms with Crippen LogP contribution in [0.1, 0.15) is 11.1 Å². The lowest BCUT2D eigenvalue weighted by Crippen LogP contribution is -1.98. The summed E-state index contributed by atoms with van der Waals surface area (Å²) < 4.78 is 24.4. The number of hydrogen-bond donors (Lipinski definition) is 0. The molecule has 3 nitrogen and oxygen atoms in total. The van der Waals surface area contributed by atoms with Crippen LogP contribution in [0.2, 0.25) is 0 Å². The van der Waals surface area contributed by atoms with E-state index in [1.54, 1.807) is 30.3 Å². The molecule has 0 unspecified atom stereocenters. The Balaban J connectivity index is 2.19. The number of benzene rings is 2. The monoisotopic (exact) mass is 335 g/mol. The third-order valence-electron chi connectivity index (χ3n) is 2.67. The molecule has 0 N–H and O–H groups in total. The van der Waals surface area contributed by atoms with Gasteiger partial charge in [0.1, 0.15) is 23.9 Å². The molecule has 2 aromatic carbocycles. The summed E-state index contributed by atoms with van der Waals surface area (Å²) in [5.74, 6) is 0.698. The molecular weight excluding hydrogens is 325 g/mol. The van der Waals surface area contributed by atoms with E-state index in [9.17, 15) is 4.39 Å². The zero-order valence-corrected chi connectivity index (χ0v) is 12.3. The SMILES string of the molecule is COc1cc(C#N)cc(OCc2cccc(F)c2Br)c1. The second-order valence-corrected chi connectivity index (χ2v) is 4.80. The normalized spacial score (nSPS) is 9.90. The molecule has 0 aliphatic rings. The predicted molar refractivity (Wildman–Crippen MR) is 76.1 cm³/mol. The number of methoxy groups -OCH3 is 1. The fourth-order valence-electron chi connectivity index (χ4n) is 1.66. The first-order valence-corrected chi connectivity index (χ1v) is 6.58. The topological polar surface area (TPSA) is 42.2 Å². The lowest BCUT2D eigenvalue weighted by molar-refractivity contribution is 0.302. The molecule has 2 rings (SSSR count). The van der Waals surface area contributed by atoms with E-state index in [-0.39, 0.29) is 12.4 Å². The first-order chi connectivity index (χ1) is 9.63. The third-order valence-corrected chi connectivity index (χ3v) is 3.56. The van der Waals surface area contributed by atoms with E-state index in [0.717, 1.165) is 0 Å². The first-order valence-electron chi connectivity index (χ1n) is 5.79. The van der Waals surface area contributed by atoms with Crippen molar-refractivity contribution in [3.05, 3.63) is 57.8 Å². The van der Waals surface area contributed by atoms with Crippen molar-refractivity contribution >= 4 is 15.9 Å². The number of rotatable bonds is 4. The van der Waals surface area contributed by atoms with Gasteiger partial charge >= 0.3 is 0 Å². The first kappa shape index (κ1) is 14.4. The number of ether oxygens (including phenoxy) is 2. The van der Waals surface area contributed by atoms with Gasteiger partial charge in [0.25, 0.3) is 0 Å². The molecule has 0 aliphatic carbocycles. The molecule has 0 fully saturated rings. The Morgan fingerprint density at radius 3 is 2.70 bits per heavy atom. The van der Waals surface area contributed by atoms with Crippen LogP contribution in [0.5, 0.6) is 11.5 Å². The fraction of sp³-hybridized carbons (Fsp3) is 0.133. The molecule has 0 saturated heterocycles. The van der Waals surface area contributed by atoms with Gasteiger partial charge in [-0.3, -0.25) is 0 Å². The molecule has 0 heterocycles. The van der Waals surface area contributed by atoms with Gasteiger partial charge in [0.15, 0.2) is 0 Å². The number of nitrogens with zero attached hydrogens (tertiary/aromatic N) is 1. The van der Waals surface area contributed by atoms with Crippen LogP contribution >= 0.6 is 15.9 Å². The van der Waals surface area contributed by atoms with Gasteiger partial charge in [-0.25, -0.2) is 4.39 Å². The van der Waals surface area contributed by atoms with E-state index in [1.165, 1.54) is 13.2 Å². The maximum absolute atomic E-state index is 13.4. The van der Waals surface area contributed by atoms with Gasteiger partial charge in [-0.2, -0.15) is 5.26 Å². The van der Waals surface area contributed by atoms with Gasteiger partial charge in [-0.05, 0) is 34.1 Å². The molecule has 0 radical (unpaired) electrons. The van der Waals surface area contributed by atoms with Gasteiger partial charge in [0.2, 0.25) is 0 Å². The van der Waals surface area contributed by atoms with Gasteiger partial charge in [0, 0.05) is 11.6 Å². The highest BCUT2D eigenvalue weighted by molar-refractivity contribution is 9.10. The van der Waals surface area contributed by atoms with E-state index in [1.807, 2.05) is 6.07 Å². The van der Waals surface area contributed by atoms with E-state index in [4.69, 9.17) is 14.7 Å². The molecule has 0 spiro atoms. The predicted octanol–water partition coefficient (Wildman–Crippen LogP) is 4.05. The van der Waals surface area contributed by atoms with Crippen molar-refractivity contribution in [2.24, 2.45) is 0 Å². The molecule has 20 heavy (non-hydrogen) atoms. The summed E-state index contributed by atoms with van der Waals surface area (Å²) in [5, 5.41) is 8.93. The van der Waals surface area contributed by atoms with Gasteiger partial charge < -0.3 is 9.47 Å². The lowest BCUT2D eigenvalue weighted by Gasteiger charge is -2.10. The fourth-order valence-corrected chi connectivity index (χ4v) is 2.04. The van der Waals surface area contributed by atoms with Crippen LogP contribution < -0.4 is 9.47 Å². The molecule has 0 aliphatic heterocycles. The summed E-state index contributed by atoms with van der Waals surface area (Å²) in [6, 6.07) is 11.7. The molecule has 5 heteroatoms. The second kappa shape index (κ2) is 6.40. The molecular formula is C15H11BrFNO2. The van der Waals surface area contributed by atoms with E-state index in [0.29, 0.717) is 27.1 Å². The molecule has 2 aromatic rings. The average molecular weight is 336 g/mol. The maximum Gasteiger partial charge on any atom is 0.137 e. The lowest BCUT2D eigenvalue weighted by atomic mass is 10.2. The molecule has 0 atom stereocenters. The minimum Gasteiger partial charge on any atom is -0.497 e. The van der Waals surface area contributed by atoms with Crippen molar-refractivity contribution in [2.75, 3.05) is 7.11 Å². The summed E-state index contributed by atoms with van der Waals surface area (Å²) in [6.45, 7) is 0.191. The van der Waals surface area contributed by atoms with Crippen molar-refractivity contribution < 1.29 is 13.9 Å². The van der Waals surface area contributed by atoms with Crippen LogP contribution in [0.25, 0.3) is 0 Å². The average Bonchev–Trinajstić information content (AvgIpc) is 2.48. The Kier molecular flexibility index (Phi) is 4.59. The van der Waals surface area contributed by atoms with Crippen LogP contribution in [0.4, 0.5) is 4.39 Å². The van der Waals surface area contributed by atoms with Crippen molar-refractivity contribution in [3.8, 4) is 17.6 Å². The number of halogens is 2. The van der Waals surface area contributed by atoms with Crippen LogP contribution in [0.15, 0.2) is 40.9 Å². The van der Waals surface area contributed by atoms with Gasteiger partial charge in [0.05, 0.1) is 23.2 Å². The van der Waals surface area contributed by atoms with Crippen molar-refractivity contribution in [1.29, 1.82) is 5.26 Å². The molecule has 0 amide bonds. The van der Waals surface area contributed by atoms with E-state index >= 15 is 0 Å². The minimum absolute atomic E-state index is 0.191. The third kappa shape index (κ3) is 3.28. The van der Waals surface area contributed by atoms with Crippen LogP contribution in [-0.2, 0) is 6.61 Å². The minimum atomic E-state index is -0.338. The van der Waals surface area contributed by atoms with Crippen molar-refractivity contribution in [3.63, 3.8) is 0 Å². The smallest absolute Gasteiger partial charge is 0.137 e. The van der Waals surface area contributed by atoms with Crippen molar-refractivity contribution in [2.45, 2.75) is 6.61 Å². The number of hydrogen-bond acceptors (Lipinski definition) is 3. The van der Waals surface area contributed by atoms with Crippen LogP contribution in [-0.4, -0.2) is 7.11 Å². The zero-order valence-electron chi connectivity index (χ0n) is 10.7. The highest BCUT2D eigenvalue weighted by Gasteiger charge is 2.07. The zero-order chi connectivity index (χ0) is 14.5. The van der Waals surface area contributed by atoms with Crippen LogP contribution in [0, 0.1) is 17.1 Å². The Bertz CT molecular complexity index is 667. The summed E-state index contributed by atoms with van der Waals surface area (Å²) in [4.78, 5) is 0. The molecule has 0 bridgehead atoms. The summed E-state index contributed by atoms with van der Waals surface area (Å²) in [6.07, 6.45) is 0. The van der Waals surface area contributed by atoms with E-state index in [2.05, 4.69) is 15.9 Å². The van der Waals surface area contributed by atoms with Gasteiger partial charge in [-0.1, -0.05) is 12.1 Å². The molecule has 0 saturated carbocycles. The summed E-state index contributed by atoms with van der Waals surface area (Å²) in [7, 11) is 1.52. The standard InChI is InChI=1S/C15H11BrFNO2/c1-19-12-5-10(8-18)6-13(7-12)20-9-11-3-2-4-14(17)15(11)16/h2-7H,9H2,1H3. The van der Waals surface area contributed by atoms with E-state index < -0.39 is 0 Å². The summed E-state index contributed by atoms with van der Waals surface area (Å²) in [5.41, 5.74) is 1.13. The number of nitriles is 1. The van der Waals surface area contributed by atoms with Crippen LogP contribution in [0.3, 0.4) is 0 Å². The largest absolute Gasteiger partial charge is 0.497 e. The van der Waals surface area contributed by atoms with Crippen molar-refractivity contribution in [1.82, 2.24) is 0 Å². The molecule has 0 aromatic heterocycles. The Hall–Kier alpha value is -2.06. The summed E-state index contributed by atoms with van der Waals surface area (Å²) >= 11 is 3.18. The highest BCUT2D eigenvalue weighted by atomic mass is 79.9. The Morgan fingerprint density at radius 1 is 1.25 bits per heavy atom. The molecule has 102 valence electrons. The maximum atomic E-state index is 13.4. The quantitative estimate of drug-likeness (QED) is 0.846. The highest BCUT2D eigenvalue weighted by Crippen LogP contribution is 2.25. The Morgan fingerprint density at radius 2 is 2.00 bits per heavy atom. The van der Waals surface area contributed by atoms with Gasteiger partial charge in [-0.15, -0.1) is 0 Å². The second-order valence-electron chi connectivity index (χ2n) is 4.01. The Labute approximate surface area is 124 Å².